The summed E-state index contributed by atoms with van der Waals surface area (Å²) in [6, 6.07) is 11.2. The normalized spacial score (nSPS) is 10.0. The van der Waals surface area contributed by atoms with Gasteiger partial charge >= 0.3 is 0 Å². The number of benzene rings is 1. The van der Waals surface area contributed by atoms with Crippen LogP contribution in [-0.2, 0) is 4.79 Å². The minimum Gasteiger partial charge on any atom is -0.468 e. The van der Waals surface area contributed by atoms with Crippen LogP contribution in [0.15, 0.2) is 42.6 Å². The predicted molar refractivity (Wildman–Crippen MR) is 74.3 cm³/mol. The lowest BCUT2D eigenvalue weighted by Gasteiger charge is -2.08. The largest absolute Gasteiger partial charge is 0.468 e. The summed E-state index contributed by atoms with van der Waals surface area (Å²) in [5, 5.41) is 2.80. The number of aryl methyl sites for hydroxylation is 2. The standard InChI is InChI=1S/C15H16N2O2/c1-11-7-12(2)9-13(8-11)17-14(18)10-19-15-5-3-4-6-16-15/h3-9H,10H2,1-2H3,(H,17,18). The number of rotatable bonds is 4. The number of hydrogen-bond acceptors (Lipinski definition) is 3. The summed E-state index contributed by atoms with van der Waals surface area (Å²) in [4.78, 5) is 15.7. The van der Waals surface area contributed by atoms with E-state index in [4.69, 9.17) is 4.74 Å². The third-order valence-electron chi connectivity index (χ3n) is 2.49. The van der Waals surface area contributed by atoms with Crippen molar-refractivity contribution in [3.8, 4) is 5.88 Å². The molecule has 0 fully saturated rings. The highest BCUT2D eigenvalue weighted by Gasteiger charge is 2.04. The van der Waals surface area contributed by atoms with Gasteiger partial charge in [0.2, 0.25) is 5.88 Å². The summed E-state index contributed by atoms with van der Waals surface area (Å²) in [5.74, 6) is 0.244. The van der Waals surface area contributed by atoms with Crippen LogP contribution in [0.3, 0.4) is 0 Å². The van der Waals surface area contributed by atoms with Crippen LogP contribution in [0.5, 0.6) is 5.88 Å². The minimum absolute atomic E-state index is 0.0516. The summed E-state index contributed by atoms with van der Waals surface area (Å²) >= 11 is 0. The topological polar surface area (TPSA) is 51.2 Å². The van der Waals surface area contributed by atoms with E-state index in [1.807, 2.05) is 32.0 Å². The fourth-order valence-corrected chi connectivity index (χ4v) is 1.82. The van der Waals surface area contributed by atoms with E-state index in [1.165, 1.54) is 0 Å². The summed E-state index contributed by atoms with van der Waals surface area (Å²) in [6.07, 6.45) is 1.62. The van der Waals surface area contributed by atoms with Gasteiger partial charge in [-0.2, -0.15) is 0 Å². The van der Waals surface area contributed by atoms with E-state index >= 15 is 0 Å². The van der Waals surface area contributed by atoms with Crippen molar-refractivity contribution in [2.75, 3.05) is 11.9 Å². The van der Waals surface area contributed by atoms with Gasteiger partial charge in [-0.25, -0.2) is 4.98 Å². The van der Waals surface area contributed by atoms with Crippen molar-refractivity contribution in [1.82, 2.24) is 4.98 Å². The molecule has 0 spiro atoms. The van der Waals surface area contributed by atoms with Gasteiger partial charge in [0.15, 0.2) is 6.61 Å². The lowest BCUT2D eigenvalue weighted by atomic mass is 10.1. The number of anilines is 1. The lowest BCUT2D eigenvalue weighted by Crippen LogP contribution is -2.20. The molecule has 1 amide bonds. The fraction of sp³-hybridized carbons (Fsp3) is 0.200. The van der Waals surface area contributed by atoms with Crippen molar-refractivity contribution in [2.24, 2.45) is 0 Å². The predicted octanol–water partition coefficient (Wildman–Crippen LogP) is 2.72. The molecule has 2 rings (SSSR count). The van der Waals surface area contributed by atoms with Crippen LogP contribution >= 0.6 is 0 Å². The Balaban J connectivity index is 1.91. The van der Waals surface area contributed by atoms with Crippen LogP contribution in [0.1, 0.15) is 11.1 Å². The Morgan fingerprint density at radius 3 is 2.58 bits per heavy atom. The molecule has 0 saturated heterocycles. The first kappa shape index (κ1) is 13.1. The van der Waals surface area contributed by atoms with E-state index in [0.717, 1.165) is 16.8 Å². The summed E-state index contributed by atoms with van der Waals surface area (Å²) < 4.78 is 5.28. The van der Waals surface area contributed by atoms with Crippen molar-refractivity contribution in [2.45, 2.75) is 13.8 Å². The number of aromatic nitrogens is 1. The highest BCUT2D eigenvalue weighted by Crippen LogP contribution is 2.13. The molecule has 2 aromatic rings. The molecular formula is C15H16N2O2. The molecule has 4 heteroatoms. The molecule has 0 aliphatic carbocycles. The van der Waals surface area contributed by atoms with E-state index in [2.05, 4.69) is 16.4 Å². The number of carbonyl (C=O) groups excluding carboxylic acids is 1. The maximum Gasteiger partial charge on any atom is 0.262 e. The Kier molecular flexibility index (Phi) is 4.13. The van der Waals surface area contributed by atoms with Gasteiger partial charge in [0.25, 0.3) is 5.91 Å². The number of hydrogen-bond donors (Lipinski definition) is 1. The lowest BCUT2D eigenvalue weighted by molar-refractivity contribution is -0.118. The number of ether oxygens (including phenoxy) is 1. The fourth-order valence-electron chi connectivity index (χ4n) is 1.82. The van der Waals surface area contributed by atoms with E-state index in [1.54, 1.807) is 18.3 Å². The molecule has 0 unspecified atom stereocenters. The molecule has 98 valence electrons. The van der Waals surface area contributed by atoms with Crippen LogP contribution < -0.4 is 10.1 Å². The summed E-state index contributed by atoms with van der Waals surface area (Å²) in [6.45, 7) is 3.93. The van der Waals surface area contributed by atoms with E-state index < -0.39 is 0 Å². The van der Waals surface area contributed by atoms with Crippen LogP contribution in [0, 0.1) is 13.8 Å². The zero-order valence-electron chi connectivity index (χ0n) is 11.0. The molecule has 0 radical (unpaired) electrons. The minimum atomic E-state index is -0.198. The molecule has 1 heterocycles. The van der Waals surface area contributed by atoms with Gasteiger partial charge < -0.3 is 10.1 Å². The first-order valence-electron chi connectivity index (χ1n) is 6.05. The Morgan fingerprint density at radius 2 is 1.95 bits per heavy atom. The molecule has 1 aromatic heterocycles. The van der Waals surface area contributed by atoms with Crippen molar-refractivity contribution in [3.63, 3.8) is 0 Å². The third kappa shape index (κ3) is 4.10. The van der Waals surface area contributed by atoms with Gasteiger partial charge in [-0.05, 0) is 43.2 Å². The first-order chi connectivity index (χ1) is 9.13. The molecule has 0 saturated carbocycles. The maximum atomic E-state index is 11.7. The van der Waals surface area contributed by atoms with Gasteiger partial charge in [-0.3, -0.25) is 4.79 Å². The molecule has 1 N–H and O–H groups in total. The smallest absolute Gasteiger partial charge is 0.262 e. The number of carbonyl (C=O) groups is 1. The van der Waals surface area contributed by atoms with Crippen LogP contribution in [0.25, 0.3) is 0 Å². The molecule has 0 aliphatic heterocycles. The average molecular weight is 256 g/mol. The van der Waals surface area contributed by atoms with Crippen LogP contribution in [0.4, 0.5) is 5.69 Å². The molecule has 0 atom stereocenters. The molecule has 0 aliphatic rings. The van der Waals surface area contributed by atoms with Crippen molar-refractivity contribution in [1.29, 1.82) is 0 Å². The highest BCUT2D eigenvalue weighted by atomic mass is 16.5. The van der Waals surface area contributed by atoms with Gasteiger partial charge in [0, 0.05) is 18.0 Å². The third-order valence-corrected chi connectivity index (χ3v) is 2.49. The quantitative estimate of drug-likeness (QED) is 0.915. The van der Waals surface area contributed by atoms with Crippen LogP contribution in [-0.4, -0.2) is 17.5 Å². The van der Waals surface area contributed by atoms with Gasteiger partial charge in [0.1, 0.15) is 0 Å². The SMILES string of the molecule is Cc1cc(C)cc(NC(=O)COc2ccccn2)c1. The number of nitrogens with one attached hydrogen (secondary N) is 1. The van der Waals surface area contributed by atoms with Crippen molar-refractivity contribution >= 4 is 11.6 Å². The zero-order valence-corrected chi connectivity index (χ0v) is 11.0. The second kappa shape index (κ2) is 6.00. The molecule has 0 bridgehead atoms. The zero-order chi connectivity index (χ0) is 13.7. The van der Waals surface area contributed by atoms with Gasteiger partial charge in [-0.15, -0.1) is 0 Å². The van der Waals surface area contributed by atoms with Crippen LogP contribution in [0.2, 0.25) is 0 Å². The summed E-state index contributed by atoms with van der Waals surface area (Å²) in [7, 11) is 0. The van der Waals surface area contributed by atoms with Crippen molar-refractivity contribution < 1.29 is 9.53 Å². The second-order valence-corrected chi connectivity index (χ2v) is 4.38. The number of amides is 1. The molecular weight excluding hydrogens is 240 g/mol. The Hall–Kier alpha value is -2.36. The number of nitrogens with zero attached hydrogens (tertiary/aromatic N) is 1. The Morgan fingerprint density at radius 1 is 1.21 bits per heavy atom. The molecule has 19 heavy (non-hydrogen) atoms. The maximum absolute atomic E-state index is 11.7. The van der Waals surface area contributed by atoms with Gasteiger partial charge in [0.05, 0.1) is 0 Å². The summed E-state index contributed by atoms with van der Waals surface area (Å²) in [5.41, 5.74) is 3.01. The van der Waals surface area contributed by atoms with Gasteiger partial charge in [-0.1, -0.05) is 12.1 Å². The Labute approximate surface area is 112 Å². The number of pyridine rings is 1. The Bertz CT molecular complexity index is 547. The van der Waals surface area contributed by atoms with E-state index in [-0.39, 0.29) is 12.5 Å². The average Bonchev–Trinajstić information content (AvgIpc) is 2.36. The first-order valence-corrected chi connectivity index (χ1v) is 6.05. The molecule has 4 nitrogen and oxygen atoms in total. The molecule has 1 aromatic carbocycles. The van der Waals surface area contributed by atoms with E-state index in [9.17, 15) is 4.79 Å². The van der Waals surface area contributed by atoms with E-state index in [0.29, 0.717) is 5.88 Å². The van der Waals surface area contributed by atoms with Crippen molar-refractivity contribution in [3.05, 3.63) is 53.7 Å². The highest BCUT2D eigenvalue weighted by molar-refractivity contribution is 5.92. The monoisotopic (exact) mass is 256 g/mol. The second-order valence-electron chi connectivity index (χ2n) is 4.38.